The monoisotopic (exact) mass is 278 g/mol. The van der Waals surface area contributed by atoms with Gasteiger partial charge < -0.3 is 4.74 Å². The predicted octanol–water partition coefficient (Wildman–Crippen LogP) is 4.43. The van der Waals surface area contributed by atoms with Crippen LogP contribution in [0.5, 0.6) is 5.75 Å². The van der Waals surface area contributed by atoms with E-state index in [2.05, 4.69) is 6.58 Å². The van der Waals surface area contributed by atoms with Crippen molar-refractivity contribution in [3.63, 3.8) is 0 Å². The lowest BCUT2D eigenvalue weighted by Crippen LogP contribution is -2.13. The van der Waals surface area contributed by atoms with Gasteiger partial charge in [0.25, 0.3) is 0 Å². The molecule has 1 aliphatic carbocycles. The second-order valence-corrected chi connectivity index (χ2v) is 5.81. The molecule has 0 radical (unpaired) electrons. The molecular weight excluding hydrogens is 260 g/mol. The molecule has 0 bridgehead atoms. The first-order valence-electron chi connectivity index (χ1n) is 6.68. The number of alkyl halides is 1. The third-order valence-electron chi connectivity index (χ3n) is 3.57. The van der Waals surface area contributed by atoms with Crippen molar-refractivity contribution in [2.75, 3.05) is 0 Å². The summed E-state index contributed by atoms with van der Waals surface area (Å²) in [5, 5.41) is 0.340. The normalized spacial score (nSPS) is 22.8. The summed E-state index contributed by atoms with van der Waals surface area (Å²) in [5.74, 6) is 0.777. The van der Waals surface area contributed by atoms with Gasteiger partial charge in [0.1, 0.15) is 5.75 Å². The van der Waals surface area contributed by atoms with Crippen LogP contribution in [-0.4, -0.2) is 11.3 Å². The number of benzene rings is 1. The molecule has 102 valence electrons. The summed E-state index contributed by atoms with van der Waals surface area (Å²) in [5.41, 5.74) is 1.71. The summed E-state index contributed by atoms with van der Waals surface area (Å²) in [7, 11) is 0. The molecule has 19 heavy (non-hydrogen) atoms. The highest BCUT2D eigenvalue weighted by molar-refractivity contribution is 6.20. The number of carbonyl (C=O) groups excluding carboxylic acids is 1. The second kappa shape index (κ2) is 6.25. The van der Waals surface area contributed by atoms with Crippen molar-refractivity contribution >= 4 is 17.6 Å². The number of halogens is 1. The Kier molecular flexibility index (Phi) is 4.65. The Morgan fingerprint density at radius 3 is 2.32 bits per heavy atom. The van der Waals surface area contributed by atoms with E-state index in [4.69, 9.17) is 16.3 Å². The van der Waals surface area contributed by atoms with Crippen LogP contribution in [0.3, 0.4) is 0 Å². The maximum absolute atomic E-state index is 11.4. The molecule has 0 unspecified atom stereocenters. The molecule has 0 atom stereocenters. The smallest absolute Gasteiger partial charge is 0.338 e. The number of ether oxygens (including phenoxy) is 1. The van der Waals surface area contributed by atoms with Crippen molar-refractivity contribution in [2.45, 2.75) is 43.9 Å². The average molecular weight is 279 g/mol. The third-order valence-corrected chi connectivity index (χ3v) is 4.00. The summed E-state index contributed by atoms with van der Waals surface area (Å²) < 4.78 is 5.18. The van der Waals surface area contributed by atoms with Crippen LogP contribution in [0.25, 0.3) is 0 Å². The molecule has 2 rings (SSSR count). The maximum Gasteiger partial charge on any atom is 0.338 e. The fourth-order valence-corrected chi connectivity index (χ4v) is 2.64. The molecule has 0 aromatic heterocycles. The first-order valence-corrected chi connectivity index (χ1v) is 7.11. The van der Waals surface area contributed by atoms with Gasteiger partial charge in [0.05, 0.1) is 0 Å². The molecule has 0 saturated heterocycles. The average Bonchev–Trinajstić information content (AvgIpc) is 2.40. The fraction of sp³-hybridized carbons (Fsp3) is 0.438. The first-order chi connectivity index (χ1) is 9.06. The highest BCUT2D eigenvalue weighted by Crippen LogP contribution is 2.35. The Hall–Kier alpha value is -1.28. The van der Waals surface area contributed by atoms with Gasteiger partial charge in [-0.25, -0.2) is 4.79 Å². The molecule has 1 aromatic carbocycles. The number of carbonyl (C=O) groups is 1. The standard InChI is InChI=1S/C16H19ClO2/c1-11(2)16(18)19-15-9-5-13(6-10-15)12-3-7-14(17)8-4-12/h5-6,9-10,12,14H,1,3-4,7-8H2,2H3. The van der Waals surface area contributed by atoms with Crippen molar-refractivity contribution < 1.29 is 9.53 Å². The van der Waals surface area contributed by atoms with Gasteiger partial charge >= 0.3 is 5.97 Å². The van der Waals surface area contributed by atoms with Crippen LogP contribution < -0.4 is 4.74 Å². The van der Waals surface area contributed by atoms with E-state index in [0.29, 0.717) is 22.6 Å². The minimum Gasteiger partial charge on any atom is -0.423 e. The van der Waals surface area contributed by atoms with Crippen LogP contribution in [0, 0.1) is 0 Å². The summed E-state index contributed by atoms with van der Waals surface area (Å²) in [6.45, 7) is 5.20. The summed E-state index contributed by atoms with van der Waals surface area (Å²) >= 11 is 6.12. The Bertz CT molecular complexity index is 456. The Balaban J connectivity index is 1.98. The molecule has 2 nitrogen and oxygen atoms in total. The third kappa shape index (κ3) is 3.84. The van der Waals surface area contributed by atoms with Crippen LogP contribution in [0.1, 0.15) is 44.1 Å². The van der Waals surface area contributed by atoms with Gasteiger partial charge in [-0.3, -0.25) is 0 Å². The number of esters is 1. The van der Waals surface area contributed by atoms with Crippen molar-refractivity contribution in [2.24, 2.45) is 0 Å². The molecule has 0 N–H and O–H groups in total. The highest BCUT2D eigenvalue weighted by Gasteiger charge is 2.20. The zero-order valence-corrected chi connectivity index (χ0v) is 12.0. The van der Waals surface area contributed by atoms with Crippen LogP contribution in [-0.2, 0) is 4.79 Å². The van der Waals surface area contributed by atoms with Gasteiger partial charge in [0.2, 0.25) is 0 Å². The minimum absolute atomic E-state index is 0.340. The molecule has 0 aliphatic heterocycles. The lowest BCUT2D eigenvalue weighted by Gasteiger charge is -2.25. The number of hydrogen-bond donors (Lipinski definition) is 0. The quantitative estimate of drug-likeness (QED) is 0.354. The zero-order chi connectivity index (χ0) is 13.8. The van der Waals surface area contributed by atoms with Crippen LogP contribution in [0.4, 0.5) is 0 Å². The van der Waals surface area contributed by atoms with E-state index in [1.807, 2.05) is 24.3 Å². The lowest BCUT2D eigenvalue weighted by atomic mass is 9.84. The molecule has 1 aromatic rings. The van der Waals surface area contributed by atoms with Gasteiger partial charge in [-0.15, -0.1) is 11.6 Å². The Labute approximate surface area is 119 Å². The summed E-state index contributed by atoms with van der Waals surface area (Å²) in [6.07, 6.45) is 4.44. The molecule has 0 spiro atoms. The topological polar surface area (TPSA) is 26.3 Å². The molecule has 1 saturated carbocycles. The van der Waals surface area contributed by atoms with E-state index >= 15 is 0 Å². The lowest BCUT2D eigenvalue weighted by molar-refractivity contribution is -0.130. The fourth-order valence-electron chi connectivity index (χ4n) is 2.39. The predicted molar refractivity (Wildman–Crippen MR) is 77.7 cm³/mol. The van der Waals surface area contributed by atoms with Crippen LogP contribution in [0.15, 0.2) is 36.4 Å². The van der Waals surface area contributed by atoms with Gasteiger partial charge in [-0.05, 0) is 56.2 Å². The van der Waals surface area contributed by atoms with E-state index in [1.165, 1.54) is 5.56 Å². The van der Waals surface area contributed by atoms with Gasteiger partial charge in [0, 0.05) is 11.0 Å². The molecule has 1 aliphatic rings. The second-order valence-electron chi connectivity index (χ2n) is 5.19. The van der Waals surface area contributed by atoms with E-state index in [0.717, 1.165) is 25.7 Å². The number of hydrogen-bond acceptors (Lipinski definition) is 2. The molecule has 3 heteroatoms. The van der Waals surface area contributed by atoms with E-state index in [9.17, 15) is 4.79 Å². The summed E-state index contributed by atoms with van der Waals surface area (Å²) in [4.78, 5) is 11.4. The molecule has 1 fully saturated rings. The molecule has 0 amide bonds. The SMILES string of the molecule is C=C(C)C(=O)Oc1ccc(C2CCC(Cl)CC2)cc1. The van der Waals surface area contributed by atoms with Crippen molar-refractivity contribution in [1.29, 1.82) is 0 Å². The van der Waals surface area contributed by atoms with Crippen molar-refractivity contribution in [3.8, 4) is 5.75 Å². The van der Waals surface area contributed by atoms with Crippen molar-refractivity contribution in [3.05, 3.63) is 42.0 Å². The zero-order valence-electron chi connectivity index (χ0n) is 11.2. The summed E-state index contributed by atoms with van der Waals surface area (Å²) in [6, 6.07) is 7.78. The highest BCUT2D eigenvalue weighted by atomic mass is 35.5. The van der Waals surface area contributed by atoms with Gasteiger partial charge in [-0.2, -0.15) is 0 Å². The molecular formula is C16H19ClO2. The van der Waals surface area contributed by atoms with Crippen LogP contribution >= 0.6 is 11.6 Å². The number of rotatable bonds is 3. The minimum atomic E-state index is -0.379. The Morgan fingerprint density at radius 1 is 1.21 bits per heavy atom. The van der Waals surface area contributed by atoms with E-state index in [1.54, 1.807) is 6.92 Å². The van der Waals surface area contributed by atoms with Gasteiger partial charge in [0.15, 0.2) is 0 Å². The Morgan fingerprint density at radius 2 is 1.79 bits per heavy atom. The maximum atomic E-state index is 11.4. The van der Waals surface area contributed by atoms with Gasteiger partial charge in [-0.1, -0.05) is 18.7 Å². The van der Waals surface area contributed by atoms with Crippen LogP contribution in [0.2, 0.25) is 0 Å². The van der Waals surface area contributed by atoms with E-state index < -0.39 is 0 Å². The largest absolute Gasteiger partial charge is 0.423 e. The molecule has 0 heterocycles. The van der Waals surface area contributed by atoms with E-state index in [-0.39, 0.29) is 5.97 Å². The first kappa shape index (κ1) is 14.1. The van der Waals surface area contributed by atoms with Crippen molar-refractivity contribution in [1.82, 2.24) is 0 Å².